The van der Waals surface area contributed by atoms with E-state index in [2.05, 4.69) is 5.10 Å². The van der Waals surface area contributed by atoms with Crippen molar-refractivity contribution >= 4 is 27.3 Å². The normalized spacial score (nSPS) is 11.4. The maximum absolute atomic E-state index is 12.0. The van der Waals surface area contributed by atoms with Crippen molar-refractivity contribution in [3.63, 3.8) is 0 Å². The molecular formula is C9H6ClN3O4S. The third kappa shape index (κ3) is 2.20. The fourth-order valence-corrected chi connectivity index (χ4v) is 2.63. The number of hydrogen-bond donors (Lipinski definition) is 0. The van der Waals surface area contributed by atoms with Gasteiger partial charge in [-0.3, -0.25) is 10.1 Å². The first-order chi connectivity index (χ1) is 8.41. The Morgan fingerprint density at radius 3 is 2.67 bits per heavy atom. The van der Waals surface area contributed by atoms with Crippen molar-refractivity contribution in [3.8, 4) is 0 Å². The summed E-state index contributed by atoms with van der Waals surface area (Å²) in [6, 6.07) is 4.70. The molecule has 1 heterocycles. The molecule has 0 aliphatic heterocycles. The molecule has 0 aliphatic carbocycles. The minimum absolute atomic E-state index is 0.156. The van der Waals surface area contributed by atoms with Crippen molar-refractivity contribution in [2.24, 2.45) is 0 Å². The molecule has 2 rings (SSSR count). The zero-order valence-electron chi connectivity index (χ0n) is 8.72. The Bertz CT molecular complexity index is 710. The lowest BCUT2D eigenvalue weighted by Gasteiger charge is -2.03. The summed E-state index contributed by atoms with van der Waals surface area (Å²) in [4.78, 5) is 9.69. The molecule has 0 unspecified atom stereocenters. The van der Waals surface area contributed by atoms with Crippen LogP contribution >= 0.6 is 11.6 Å². The lowest BCUT2D eigenvalue weighted by Crippen LogP contribution is -2.13. The number of nitro benzene ring substituents is 1. The predicted molar refractivity (Wildman–Crippen MR) is 62.9 cm³/mol. The Morgan fingerprint density at radius 2 is 2.11 bits per heavy atom. The average molecular weight is 288 g/mol. The second kappa shape index (κ2) is 4.39. The minimum atomic E-state index is -3.96. The number of benzene rings is 1. The molecule has 94 valence electrons. The zero-order valence-corrected chi connectivity index (χ0v) is 10.3. The molecule has 0 radical (unpaired) electrons. The molecule has 18 heavy (non-hydrogen) atoms. The predicted octanol–water partition coefficient (Wildman–Crippen LogP) is 1.68. The van der Waals surface area contributed by atoms with Gasteiger partial charge in [0.05, 0.1) is 27.2 Å². The first-order valence-electron chi connectivity index (χ1n) is 4.61. The Labute approximate surface area is 107 Å². The van der Waals surface area contributed by atoms with E-state index in [9.17, 15) is 18.5 Å². The zero-order chi connectivity index (χ0) is 13.3. The van der Waals surface area contributed by atoms with Crippen LogP contribution in [0.3, 0.4) is 0 Å². The summed E-state index contributed by atoms with van der Waals surface area (Å²) in [5.74, 6) is 0. The molecule has 1 aromatic carbocycles. The van der Waals surface area contributed by atoms with Gasteiger partial charge in [-0.15, -0.1) is 0 Å². The third-order valence-corrected chi connectivity index (χ3v) is 3.84. The van der Waals surface area contributed by atoms with Gasteiger partial charge >= 0.3 is 0 Å². The molecule has 0 saturated carbocycles. The molecule has 0 bridgehead atoms. The molecule has 0 amide bonds. The second-order valence-corrected chi connectivity index (χ2v) is 5.52. The maximum atomic E-state index is 12.0. The van der Waals surface area contributed by atoms with Gasteiger partial charge in [0.25, 0.3) is 15.7 Å². The number of nitro groups is 1. The highest BCUT2D eigenvalue weighted by atomic mass is 35.5. The highest BCUT2D eigenvalue weighted by molar-refractivity contribution is 7.89. The number of halogens is 1. The molecule has 0 N–H and O–H groups in total. The molecule has 0 fully saturated rings. The van der Waals surface area contributed by atoms with E-state index in [1.165, 1.54) is 18.2 Å². The SMILES string of the molecule is O=[N+]([O-])c1cccc(S(=O)(=O)n2cc(Cl)cn2)c1. The van der Waals surface area contributed by atoms with Crippen LogP contribution in [0.4, 0.5) is 5.69 Å². The Hall–Kier alpha value is -1.93. The van der Waals surface area contributed by atoms with Crippen LogP contribution in [0.2, 0.25) is 5.02 Å². The van der Waals surface area contributed by atoms with Gasteiger partial charge in [0.1, 0.15) is 0 Å². The summed E-state index contributed by atoms with van der Waals surface area (Å²) in [6.45, 7) is 0. The topological polar surface area (TPSA) is 95.1 Å². The van der Waals surface area contributed by atoms with Crippen LogP contribution < -0.4 is 0 Å². The van der Waals surface area contributed by atoms with Crippen LogP contribution in [-0.2, 0) is 10.0 Å². The van der Waals surface area contributed by atoms with Gasteiger partial charge in [0, 0.05) is 12.1 Å². The molecular weight excluding hydrogens is 282 g/mol. The van der Waals surface area contributed by atoms with E-state index in [0.717, 1.165) is 18.5 Å². The number of aromatic nitrogens is 2. The van der Waals surface area contributed by atoms with Gasteiger partial charge in [-0.05, 0) is 6.07 Å². The van der Waals surface area contributed by atoms with Gasteiger partial charge < -0.3 is 0 Å². The van der Waals surface area contributed by atoms with Crippen molar-refractivity contribution < 1.29 is 13.3 Å². The first kappa shape index (κ1) is 12.5. The quantitative estimate of drug-likeness (QED) is 0.632. The van der Waals surface area contributed by atoms with E-state index in [-0.39, 0.29) is 15.6 Å². The highest BCUT2D eigenvalue weighted by Gasteiger charge is 2.20. The van der Waals surface area contributed by atoms with Crippen molar-refractivity contribution in [1.29, 1.82) is 0 Å². The third-order valence-electron chi connectivity index (χ3n) is 2.10. The summed E-state index contributed by atoms with van der Waals surface area (Å²) in [7, 11) is -3.96. The smallest absolute Gasteiger partial charge is 0.258 e. The fraction of sp³-hybridized carbons (Fsp3) is 0. The molecule has 2 aromatic rings. The van der Waals surface area contributed by atoms with Crippen LogP contribution in [0, 0.1) is 10.1 Å². The first-order valence-corrected chi connectivity index (χ1v) is 6.43. The van der Waals surface area contributed by atoms with E-state index in [0.29, 0.717) is 4.09 Å². The Kier molecular flexibility index (Phi) is 3.05. The van der Waals surface area contributed by atoms with Gasteiger partial charge in [-0.2, -0.15) is 17.6 Å². The number of hydrogen-bond acceptors (Lipinski definition) is 5. The lowest BCUT2D eigenvalue weighted by atomic mass is 10.3. The van der Waals surface area contributed by atoms with E-state index in [1.54, 1.807) is 0 Å². The number of nitrogens with zero attached hydrogens (tertiary/aromatic N) is 3. The molecule has 0 atom stereocenters. The van der Waals surface area contributed by atoms with E-state index in [4.69, 9.17) is 11.6 Å². The molecule has 0 spiro atoms. The average Bonchev–Trinajstić information content (AvgIpc) is 2.77. The Balaban J connectivity index is 2.54. The summed E-state index contributed by atoms with van der Waals surface area (Å²) in [5.41, 5.74) is -0.311. The van der Waals surface area contributed by atoms with Gasteiger partial charge in [-0.25, -0.2) is 0 Å². The van der Waals surface area contributed by atoms with Crippen LogP contribution in [-0.4, -0.2) is 22.5 Å². The van der Waals surface area contributed by atoms with Gasteiger partial charge in [0.2, 0.25) is 0 Å². The summed E-state index contributed by atoms with van der Waals surface area (Å²) >= 11 is 5.58. The van der Waals surface area contributed by atoms with Gasteiger partial charge in [-0.1, -0.05) is 17.7 Å². The summed E-state index contributed by atoms with van der Waals surface area (Å²) < 4.78 is 24.7. The molecule has 0 saturated heterocycles. The maximum Gasteiger partial charge on any atom is 0.283 e. The van der Waals surface area contributed by atoms with Crippen molar-refractivity contribution in [3.05, 3.63) is 51.8 Å². The van der Waals surface area contributed by atoms with Gasteiger partial charge in [0.15, 0.2) is 0 Å². The second-order valence-electron chi connectivity index (χ2n) is 3.29. The molecule has 9 heteroatoms. The van der Waals surface area contributed by atoms with Crippen molar-refractivity contribution in [2.45, 2.75) is 4.90 Å². The van der Waals surface area contributed by atoms with Crippen LogP contribution in [0.15, 0.2) is 41.6 Å². The highest BCUT2D eigenvalue weighted by Crippen LogP contribution is 2.20. The summed E-state index contributed by atoms with van der Waals surface area (Å²) in [5, 5.41) is 14.3. The lowest BCUT2D eigenvalue weighted by molar-refractivity contribution is -0.385. The minimum Gasteiger partial charge on any atom is -0.258 e. The fourth-order valence-electron chi connectivity index (χ4n) is 1.28. The van der Waals surface area contributed by atoms with Crippen molar-refractivity contribution in [1.82, 2.24) is 9.19 Å². The van der Waals surface area contributed by atoms with E-state index < -0.39 is 14.9 Å². The molecule has 1 aromatic heterocycles. The van der Waals surface area contributed by atoms with Crippen LogP contribution in [0.25, 0.3) is 0 Å². The number of non-ortho nitro benzene ring substituents is 1. The standard InChI is InChI=1S/C9H6ClN3O4S/c10-7-5-11-12(6-7)18(16,17)9-3-1-2-8(4-9)13(14)15/h1-6H. The largest absolute Gasteiger partial charge is 0.283 e. The summed E-state index contributed by atoms with van der Waals surface area (Å²) in [6.07, 6.45) is 2.27. The van der Waals surface area contributed by atoms with E-state index in [1.807, 2.05) is 0 Å². The van der Waals surface area contributed by atoms with Crippen LogP contribution in [0.5, 0.6) is 0 Å². The Morgan fingerprint density at radius 1 is 1.39 bits per heavy atom. The molecule has 0 aliphatic rings. The van der Waals surface area contributed by atoms with Crippen LogP contribution in [0.1, 0.15) is 0 Å². The monoisotopic (exact) mass is 287 g/mol. The van der Waals surface area contributed by atoms with E-state index >= 15 is 0 Å². The van der Waals surface area contributed by atoms with Crippen molar-refractivity contribution in [2.75, 3.05) is 0 Å². The number of rotatable bonds is 3. The molecule has 7 nitrogen and oxygen atoms in total.